The molecule has 0 aliphatic heterocycles. The predicted octanol–water partition coefficient (Wildman–Crippen LogP) is 22.8. The van der Waals surface area contributed by atoms with E-state index in [-0.39, 0.29) is 0 Å². The Kier molecular flexibility index (Phi) is 23.0. The zero-order valence-electron chi connectivity index (χ0n) is 53.1. The average Bonchev–Trinajstić information content (AvgIpc) is 2.68. The lowest BCUT2D eigenvalue weighted by atomic mass is 9.97. The largest absolute Gasteiger partial charge is 0.0622 e. The third kappa shape index (κ3) is 18.2. The molecule has 426 valence electrons. The molecule has 11 aromatic carbocycles. The minimum absolute atomic E-state index is 1.11. The van der Waals surface area contributed by atoms with Crippen LogP contribution in [0.15, 0.2) is 237 Å². The van der Waals surface area contributed by atoms with E-state index in [9.17, 15) is 0 Å². The number of fused-ring (bicyclic) bond motifs is 9. The standard InChI is InChI=1S/3C15H14.4C8H10.C7H8/c1-10-3-5-14-12(7-10)9-13-8-11(2)4-6-15(13)14;1-10-6-7-12-9-14-11(2)4-3-5-13(14)15(12)8-10;1-10-7-8-11(2)15-13-6-4-3-5-12(13)9-14(10)15;2*1-7-3-5-8(2)6-4-7;1-7-4-3-5-8(2)6-7;1-7-5-3-4-6-8(7)2;1-7-5-3-2-4-6-7/h3*3-8H,9H2,1-2H3;4*3-6H,1-2H3;2-6H,1H3. The Balaban J connectivity index is 0.000000141. The van der Waals surface area contributed by atoms with Gasteiger partial charge in [0, 0.05) is 0 Å². The Morgan fingerprint density at radius 1 is 0.179 bits per heavy atom. The van der Waals surface area contributed by atoms with Crippen LogP contribution in [0.3, 0.4) is 0 Å². The van der Waals surface area contributed by atoms with E-state index < -0.39 is 0 Å². The van der Waals surface area contributed by atoms with Crippen LogP contribution in [0.5, 0.6) is 0 Å². The Bertz CT molecular complexity index is 3710. The van der Waals surface area contributed by atoms with Crippen molar-refractivity contribution in [1.82, 2.24) is 0 Å². The summed E-state index contributed by atoms with van der Waals surface area (Å²) in [7, 11) is 0. The van der Waals surface area contributed by atoms with Gasteiger partial charge in [-0.3, -0.25) is 0 Å². The van der Waals surface area contributed by atoms with E-state index in [4.69, 9.17) is 0 Å². The summed E-state index contributed by atoms with van der Waals surface area (Å²) in [4.78, 5) is 0. The molecule has 0 aromatic heterocycles. The second-order valence-corrected chi connectivity index (χ2v) is 23.5. The first-order valence-electron chi connectivity index (χ1n) is 30.0. The molecule has 0 bridgehead atoms. The first kappa shape index (κ1) is 63.0. The van der Waals surface area contributed by atoms with E-state index in [1.165, 1.54) is 150 Å². The Morgan fingerprint density at radius 3 is 1.02 bits per heavy atom. The fourth-order valence-corrected chi connectivity index (χ4v) is 10.8. The number of benzene rings is 11. The van der Waals surface area contributed by atoms with Crippen molar-refractivity contribution >= 4 is 0 Å². The Labute approximate surface area is 507 Å². The second-order valence-electron chi connectivity index (χ2n) is 23.5. The smallest absolute Gasteiger partial charge is 0.00107 e. The molecule has 0 heterocycles. The third-order valence-corrected chi connectivity index (χ3v) is 15.9. The lowest BCUT2D eigenvalue weighted by Crippen LogP contribution is -1.88. The minimum atomic E-state index is 1.11. The highest BCUT2D eigenvalue weighted by Gasteiger charge is 2.22. The number of hydrogen-bond donors (Lipinski definition) is 0. The zero-order chi connectivity index (χ0) is 60.3. The monoisotopic (exact) mass is 1100 g/mol. The van der Waals surface area contributed by atoms with Gasteiger partial charge in [-0.05, 0) is 218 Å². The normalized spacial score (nSPS) is 10.9. The first-order valence-corrected chi connectivity index (χ1v) is 30.0. The van der Waals surface area contributed by atoms with Crippen LogP contribution in [0.1, 0.15) is 117 Å². The van der Waals surface area contributed by atoms with Crippen molar-refractivity contribution in [3.05, 3.63) is 353 Å². The van der Waals surface area contributed by atoms with Gasteiger partial charge in [-0.25, -0.2) is 0 Å². The number of rotatable bonds is 0. The van der Waals surface area contributed by atoms with Crippen molar-refractivity contribution in [3.8, 4) is 33.4 Å². The van der Waals surface area contributed by atoms with Crippen LogP contribution in [0.4, 0.5) is 0 Å². The van der Waals surface area contributed by atoms with Crippen molar-refractivity contribution in [3.63, 3.8) is 0 Å². The SMILES string of the molecule is Cc1ccc(C)c2c1Cc1ccccc1-2.Cc1ccc(C)cc1.Cc1ccc(C)cc1.Cc1ccc2c(c1)-c1cccc(C)c1C2.Cc1ccc2c(c1)Cc1cc(C)ccc1-2.Cc1cccc(C)c1.Cc1ccccc1.Cc1ccccc1C. The summed E-state index contributed by atoms with van der Waals surface area (Å²) in [5.74, 6) is 0. The van der Waals surface area contributed by atoms with Crippen molar-refractivity contribution in [1.29, 1.82) is 0 Å². The van der Waals surface area contributed by atoms with E-state index in [2.05, 4.69) is 322 Å². The molecule has 0 saturated heterocycles. The van der Waals surface area contributed by atoms with E-state index in [1.54, 1.807) is 0 Å². The summed E-state index contributed by atoms with van der Waals surface area (Å²) in [6, 6.07) is 84.2. The molecule has 84 heavy (non-hydrogen) atoms. The van der Waals surface area contributed by atoms with Gasteiger partial charge in [0.2, 0.25) is 0 Å². The summed E-state index contributed by atoms with van der Waals surface area (Å²) >= 11 is 0. The van der Waals surface area contributed by atoms with Crippen molar-refractivity contribution in [2.45, 2.75) is 123 Å². The quantitative estimate of drug-likeness (QED) is 0.142. The van der Waals surface area contributed by atoms with Gasteiger partial charge in [-0.15, -0.1) is 0 Å². The fourth-order valence-electron chi connectivity index (χ4n) is 10.8. The minimum Gasteiger partial charge on any atom is -0.0622 e. The molecular formula is C84H90. The summed E-state index contributed by atoms with van der Waals surface area (Å²) in [5.41, 5.74) is 38.0. The third-order valence-electron chi connectivity index (χ3n) is 15.9. The van der Waals surface area contributed by atoms with E-state index in [0.29, 0.717) is 0 Å². The molecular weight excluding hydrogens is 1010 g/mol. The van der Waals surface area contributed by atoms with Crippen LogP contribution in [0, 0.1) is 104 Å². The molecule has 0 amide bonds. The number of aryl methyl sites for hydroxylation is 15. The van der Waals surface area contributed by atoms with E-state index in [0.717, 1.165) is 19.3 Å². The topological polar surface area (TPSA) is 0 Å². The first-order chi connectivity index (χ1) is 40.3. The van der Waals surface area contributed by atoms with Gasteiger partial charge in [-0.2, -0.15) is 0 Å². The molecule has 0 heteroatoms. The van der Waals surface area contributed by atoms with Gasteiger partial charge >= 0.3 is 0 Å². The highest BCUT2D eigenvalue weighted by Crippen LogP contribution is 2.41. The van der Waals surface area contributed by atoms with Crippen LogP contribution >= 0.6 is 0 Å². The molecule has 14 rings (SSSR count). The van der Waals surface area contributed by atoms with E-state index in [1.807, 2.05) is 18.2 Å². The highest BCUT2D eigenvalue weighted by molar-refractivity contribution is 5.81. The predicted molar refractivity (Wildman–Crippen MR) is 367 cm³/mol. The van der Waals surface area contributed by atoms with Crippen LogP contribution in [0.2, 0.25) is 0 Å². The molecule has 0 atom stereocenters. The van der Waals surface area contributed by atoms with Gasteiger partial charge in [0.15, 0.2) is 0 Å². The zero-order valence-corrected chi connectivity index (χ0v) is 53.1. The van der Waals surface area contributed by atoms with Crippen LogP contribution in [-0.4, -0.2) is 0 Å². The average molecular weight is 1100 g/mol. The number of hydrogen-bond acceptors (Lipinski definition) is 0. The Morgan fingerprint density at radius 2 is 0.536 bits per heavy atom. The van der Waals surface area contributed by atoms with Gasteiger partial charge in [0.25, 0.3) is 0 Å². The summed E-state index contributed by atoms with van der Waals surface area (Å²) in [6.07, 6.45) is 3.32. The van der Waals surface area contributed by atoms with Crippen molar-refractivity contribution in [2.75, 3.05) is 0 Å². The molecule has 0 spiro atoms. The molecule has 3 aliphatic rings. The van der Waals surface area contributed by atoms with Crippen molar-refractivity contribution < 1.29 is 0 Å². The molecule has 3 aliphatic carbocycles. The fraction of sp³-hybridized carbons (Fsp3) is 0.214. The molecule has 11 aromatic rings. The van der Waals surface area contributed by atoms with Gasteiger partial charge in [-0.1, -0.05) is 292 Å². The molecule has 0 unspecified atom stereocenters. The maximum absolute atomic E-state index is 2.31. The molecule has 0 nitrogen and oxygen atoms in total. The lowest BCUT2D eigenvalue weighted by Gasteiger charge is -2.07. The summed E-state index contributed by atoms with van der Waals surface area (Å²) in [5, 5.41) is 0. The summed E-state index contributed by atoms with van der Waals surface area (Å²) in [6.45, 7) is 32.0. The highest BCUT2D eigenvalue weighted by atomic mass is 14.3. The van der Waals surface area contributed by atoms with E-state index >= 15 is 0 Å². The van der Waals surface area contributed by atoms with Crippen LogP contribution < -0.4 is 0 Å². The van der Waals surface area contributed by atoms with Gasteiger partial charge in [0.1, 0.15) is 0 Å². The summed E-state index contributed by atoms with van der Waals surface area (Å²) < 4.78 is 0. The molecule has 0 N–H and O–H groups in total. The van der Waals surface area contributed by atoms with Gasteiger partial charge in [0.05, 0.1) is 0 Å². The molecule has 0 fully saturated rings. The van der Waals surface area contributed by atoms with Crippen molar-refractivity contribution in [2.24, 2.45) is 0 Å². The maximum Gasteiger partial charge on any atom is -0.00107 e. The Hall–Kier alpha value is -8.58. The molecule has 0 saturated carbocycles. The molecule has 0 radical (unpaired) electrons. The maximum atomic E-state index is 2.31. The lowest BCUT2D eigenvalue weighted by molar-refractivity contribution is 1.21. The van der Waals surface area contributed by atoms with Crippen LogP contribution in [0.25, 0.3) is 33.4 Å². The van der Waals surface area contributed by atoms with Crippen LogP contribution in [-0.2, 0) is 19.3 Å². The second kappa shape index (κ2) is 30.6. The van der Waals surface area contributed by atoms with Gasteiger partial charge < -0.3 is 0 Å².